The molecule has 102 valence electrons. The first-order valence-corrected chi connectivity index (χ1v) is 6.74. The topological polar surface area (TPSA) is 78.1 Å². The van der Waals surface area contributed by atoms with Crippen LogP contribution in [0.1, 0.15) is 5.89 Å². The average Bonchev–Trinajstić information content (AvgIpc) is 3.06. The Balaban J connectivity index is 1.69. The van der Waals surface area contributed by atoms with Crippen molar-refractivity contribution < 1.29 is 13.3 Å². The van der Waals surface area contributed by atoms with Crippen LogP contribution in [0.15, 0.2) is 50.4 Å². The van der Waals surface area contributed by atoms with Gasteiger partial charge in [0, 0.05) is 10.6 Å². The first-order chi connectivity index (χ1) is 9.70. The number of nitrogens with two attached hydrogens (primary N) is 1. The summed E-state index contributed by atoms with van der Waals surface area (Å²) in [5.41, 5.74) is 5.96. The molecular formula is C13H10FN3O2S. The first-order valence-electron chi connectivity index (χ1n) is 5.76. The van der Waals surface area contributed by atoms with Gasteiger partial charge < -0.3 is 14.7 Å². The second-order valence-corrected chi connectivity index (χ2v) is 5.05. The molecule has 0 fully saturated rings. The van der Waals surface area contributed by atoms with Crippen LogP contribution in [0, 0.1) is 5.82 Å². The fourth-order valence-corrected chi connectivity index (χ4v) is 2.45. The van der Waals surface area contributed by atoms with E-state index in [4.69, 9.17) is 14.7 Å². The second-order valence-electron chi connectivity index (χ2n) is 4.00. The van der Waals surface area contributed by atoms with E-state index in [2.05, 4.69) is 10.1 Å². The van der Waals surface area contributed by atoms with Gasteiger partial charge in [0.25, 0.3) is 0 Å². The van der Waals surface area contributed by atoms with E-state index in [1.165, 1.54) is 30.2 Å². The molecule has 3 rings (SSSR count). The number of thioether (sulfide) groups is 1. The highest BCUT2D eigenvalue weighted by Gasteiger charge is 2.11. The Bertz CT molecular complexity index is 692. The minimum absolute atomic E-state index is 0.366. The van der Waals surface area contributed by atoms with E-state index in [9.17, 15) is 4.39 Å². The van der Waals surface area contributed by atoms with E-state index in [0.29, 0.717) is 33.8 Å². The third-order valence-corrected chi connectivity index (χ3v) is 3.43. The third-order valence-electron chi connectivity index (χ3n) is 2.47. The average molecular weight is 291 g/mol. The van der Waals surface area contributed by atoms with E-state index < -0.39 is 0 Å². The van der Waals surface area contributed by atoms with Gasteiger partial charge in [-0.2, -0.15) is 4.98 Å². The van der Waals surface area contributed by atoms with E-state index in [1.54, 1.807) is 18.2 Å². The Kier molecular flexibility index (Phi) is 3.42. The summed E-state index contributed by atoms with van der Waals surface area (Å²) in [6, 6.07) is 7.86. The summed E-state index contributed by atoms with van der Waals surface area (Å²) in [5, 5.41) is 3.81. The summed E-state index contributed by atoms with van der Waals surface area (Å²) in [6.45, 7) is 0. The molecule has 2 aromatic heterocycles. The van der Waals surface area contributed by atoms with Crippen LogP contribution in [0.3, 0.4) is 0 Å². The highest BCUT2D eigenvalue weighted by atomic mass is 32.2. The van der Waals surface area contributed by atoms with Crippen molar-refractivity contribution in [3.8, 4) is 11.6 Å². The van der Waals surface area contributed by atoms with Gasteiger partial charge in [0.05, 0.1) is 12.0 Å². The number of furan rings is 1. The Morgan fingerprint density at radius 2 is 2.20 bits per heavy atom. The SMILES string of the molecule is Nc1cc(F)cc(SCc2nc(-c3ccco3)no2)c1. The molecule has 0 bridgehead atoms. The van der Waals surface area contributed by atoms with Crippen molar-refractivity contribution in [3.63, 3.8) is 0 Å². The monoisotopic (exact) mass is 291 g/mol. The molecule has 0 spiro atoms. The number of anilines is 1. The van der Waals surface area contributed by atoms with E-state index in [-0.39, 0.29) is 5.82 Å². The lowest BCUT2D eigenvalue weighted by atomic mass is 10.3. The van der Waals surface area contributed by atoms with Crippen molar-refractivity contribution in [2.24, 2.45) is 0 Å². The molecule has 5 nitrogen and oxygen atoms in total. The van der Waals surface area contributed by atoms with Gasteiger partial charge >= 0.3 is 0 Å². The van der Waals surface area contributed by atoms with E-state index in [0.717, 1.165) is 0 Å². The van der Waals surface area contributed by atoms with E-state index in [1.807, 2.05) is 0 Å². The van der Waals surface area contributed by atoms with Crippen LogP contribution in [-0.4, -0.2) is 10.1 Å². The Morgan fingerprint density at radius 1 is 1.30 bits per heavy atom. The zero-order valence-corrected chi connectivity index (χ0v) is 11.1. The first kappa shape index (κ1) is 12.7. The number of aromatic nitrogens is 2. The van der Waals surface area contributed by atoms with Crippen LogP contribution in [0.5, 0.6) is 0 Å². The summed E-state index contributed by atoms with van der Waals surface area (Å²) in [5.74, 6) is 1.43. The molecule has 0 atom stereocenters. The van der Waals surface area contributed by atoms with Crippen LogP contribution >= 0.6 is 11.8 Å². The van der Waals surface area contributed by atoms with Gasteiger partial charge in [-0.25, -0.2) is 4.39 Å². The van der Waals surface area contributed by atoms with Gasteiger partial charge in [-0.05, 0) is 30.3 Å². The standard InChI is InChI=1S/C13H10FN3O2S/c14-8-4-9(15)6-10(5-8)20-7-12-16-13(17-19-12)11-2-1-3-18-11/h1-6H,7,15H2. The van der Waals surface area contributed by atoms with Gasteiger partial charge in [0.2, 0.25) is 11.7 Å². The molecule has 7 heteroatoms. The lowest BCUT2D eigenvalue weighted by Crippen LogP contribution is -1.88. The molecule has 0 aliphatic carbocycles. The van der Waals surface area contributed by atoms with Gasteiger partial charge in [-0.15, -0.1) is 11.8 Å². The predicted molar refractivity (Wildman–Crippen MR) is 72.4 cm³/mol. The summed E-state index contributed by atoms with van der Waals surface area (Å²) in [7, 11) is 0. The molecule has 3 aromatic rings. The van der Waals surface area contributed by atoms with Crippen molar-refractivity contribution in [2.75, 3.05) is 5.73 Å². The maximum atomic E-state index is 13.2. The zero-order valence-electron chi connectivity index (χ0n) is 10.2. The highest BCUT2D eigenvalue weighted by molar-refractivity contribution is 7.98. The Labute approximate surface area is 118 Å². The van der Waals surface area contributed by atoms with E-state index >= 15 is 0 Å². The Morgan fingerprint density at radius 3 is 2.95 bits per heavy atom. The highest BCUT2D eigenvalue weighted by Crippen LogP contribution is 2.26. The third kappa shape index (κ3) is 2.83. The number of nitrogens with zero attached hydrogens (tertiary/aromatic N) is 2. The normalized spacial score (nSPS) is 10.8. The van der Waals surface area contributed by atoms with Crippen LogP contribution in [0.4, 0.5) is 10.1 Å². The maximum Gasteiger partial charge on any atom is 0.238 e. The molecule has 1 aromatic carbocycles. The number of rotatable bonds is 4. The minimum atomic E-state index is -0.366. The second kappa shape index (κ2) is 5.38. The van der Waals surface area contributed by atoms with Gasteiger partial charge in [-0.1, -0.05) is 5.16 Å². The molecule has 0 aliphatic heterocycles. The van der Waals surface area contributed by atoms with Gasteiger partial charge in [-0.3, -0.25) is 0 Å². The van der Waals surface area contributed by atoms with Crippen molar-refractivity contribution in [3.05, 3.63) is 48.3 Å². The summed E-state index contributed by atoms with van der Waals surface area (Å²) in [4.78, 5) is 4.90. The van der Waals surface area contributed by atoms with Gasteiger partial charge in [0.1, 0.15) is 5.82 Å². The lowest BCUT2D eigenvalue weighted by molar-refractivity contribution is 0.390. The number of hydrogen-bond donors (Lipinski definition) is 1. The van der Waals surface area contributed by atoms with Crippen LogP contribution in [-0.2, 0) is 5.75 Å². The fraction of sp³-hybridized carbons (Fsp3) is 0.0769. The number of nitrogen functional groups attached to an aromatic ring is 1. The molecule has 20 heavy (non-hydrogen) atoms. The number of hydrogen-bond acceptors (Lipinski definition) is 6. The van der Waals surface area contributed by atoms with Crippen LogP contribution in [0.25, 0.3) is 11.6 Å². The molecule has 2 heterocycles. The largest absolute Gasteiger partial charge is 0.461 e. The minimum Gasteiger partial charge on any atom is -0.461 e. The molecule has 0 saturated heterocycles. The van der Waals surface area contributed by atoms with Crippen molar-refractivity contribution in [1.82, 2.24) is 10.1 Å². The summed E-state index contributed by atoms with van der Waals surface area (Å²) >= 11 is 1.37. The van der Waals surface area contributed by atoms with Crippen molar-refractivity contribution in [1.29, 1.82) is 0 Å². The maximum absolute atomic E-state index is 13.2. The number of halogens is 1. The van der Waals surface area contributed by atoms with Gasteiger partial charge in [0.15, 0.2) is 5.76 Å². The molecule has 0 amide bonds. The van der Waals surface area contributed by atoms with Crippen LogP contribution < -0.4 is 5.73 Å². The van der Waals surface area contributed by atoms with Crippen LogP contribution in [0.2, 0.25) is 0 Å². The lowest BCUT2D eigenvalue weighted by Gasteiger charge is -2.00. The van der Waals surface area contributed by atoms with Crippen molar-refractivity contribution in [2.45, 2.75) is 10.6 Å². The summed E-state index contributed by atoms with van der Waals surface area (Å²) < 4.78 is 23.5. The predicted octanol–water partition coefficient (Wildman–Crippen LogP) is 3.34. The molecule has 2 N–H and O–H groups in total. The zero-order chi connectivity index (χ0) is 13.9. The molecule has 0 saturated carbocycles. The summed E-state index contributed by atoms with van der Waals surface area (Å²) in [6.07, 6.45) is 1.54. The molecule has 0 unspecified atom stereocenters. The molecule has 0 radical (unpaired) electrons. The molecular weight excluding hydrogens is 281 g/mol. The number of benzene rings is 1. The Hall–Kier alpha value is -2.28. The molecule has 0 aliphatic rings. The quantitative estimate of drug-likeness (QED) is 0.586. The smallest absolute Gasteiger partial charge is 0.238 e. The van der Waals surface area contributed by atoms with Crippen molar-refractivity contribution >= 4 is 17.4 Å². The fourth-order valence-electron chi connectivity index (χ4n) is 1.63.